The Labute approximate surface area is 225 Å². The predicted molar refractivity (Wildman–Crippen MR) is 144 cm³/mol. The summed E-state index contributed by atoms with van der Waals surface area (Å²) in [6.07, 6.45) is 0. The first-order valence-electron chi connectivity index (χ1n) is 12.0. The van der Waals surface area contributed by atoms with Crippen LogP contribution < -0.4 is 16.0 Å². The molecule has 4 rings (SSSR count). The van der Waals surface area contributed by atoms with Gasteiger partial charge in [0, 0.05) is 17.8 Å². The highest BCUT2D eigenvalue weighted by atomic mass is 16.5. The SMILES string of the molecule is COC(=O)C1=C(C(=O)OC)N(c2ccc(C(=O)NCc3ccccc3)cc2)C(N)=C(C#N)C1c1ccccc1. The van der Waals surface area contributed by atoms with E-state index in [2.05, 4.69) is 11.4 Å². The van der Waals surface area contributed by atoms with Crippen LogP contribution in [0.25, 0.3) is 0 Å². The van der Waals surface area contributed by atoms with Gasteiger partial charge in [0.05, 0.1) is 37.4 Å². The van der Waals surface area contributed by atoms with Gasteiger partial charge in [-0.05, 0) is 35.4 Å². The van der Waals surface area contributed by atoms with Gasteiger partial charge < -0.3 is 20.5 Å². The van der Waals surface area contributed by atoms with Gasteiger partial charge in [-0.15, -0.1) is 0 Å². The number of carbonyl (C=O) groups excluding carboxylic acids is 3. The average Bonchev–Trinajstić information content (AvgIpc) is 2.99. The lowest BCUT2D eigenvalue weighted by molar-refractivity contribution is -0.139. The minimum Gasteiger partial charge on any atom is -0.466 e. The number of esters is 2. The summed E-state index contributed by atoms with van der Waals surface area (Å²) in [5.74, 6) is -2.97. The third kappa shape index (κ3) is 5.36. The van der Waals surface area contributed by atoms with Gasteiger partial charge in [0.15, 0.2) is 0 Å². The third-order valence-electron chi connectivity index (χ3n) is 6.29. The summed E-state index contributed by atoms with van der Waals surface area (Å²) >= 11 is 0. The number of anilines is 1. The number of nitrogens with two attached hydrogens (primary N) is 1. The number of carbonyl (C=O) groups is 3. The first-order chi connectivity index (χ1) is 18.9. The van der Waals surface area contributed by atoms with Crippen LogP contribution in [0, 0.1) is 11.3 Å². The summed E-state index contributed by atoms with van der Waals surface area (Å²) in [5.41, 5.74) is 8.51. The lowest BCUT2D eigenvalue weighted by Gasteiger charge is -2.35. The average molecular weight is 523 g/mol. The van der Waals surface area contributed by atoms with Crippen molar-refractivity contribution in [2.75, 3.05) is 19.1 Å². The molecule has 0 bridgehead atoms. The van der Waals surface area contributed by atoms with Crippen LogP contribution in [-0.2, 0) is 25.6 Å². The monoisotopic (exact) mass is 522 g/mol. The van der Waals surface area contributed by atoms with E-state index in [4.69, 9.17) is 15.2 Å². The molecule has 3 aromatic carbocycles. The van der Waals surface area contributed by atoms with Crippen LogP contribution in [0.15, 0.2) is 108 Å². The van der Waals surface area contributed by atoms with Crippen molar-refractivity contribution >= 4 is 23.5 Å². The number of hydrogen-bond donors (Lipinski definition) is 2. The van der Waals surface area contributed by atoms with E-state index >= 15 is 0 Å². The van der Waals surface area contributed by atoms with Crippen molar-refractivity contribution in [1.82, 2.24) is 5.32 Å². The van der Waals surface area contributed by atoms with E-state index in [0.29, 0.717) is 23.4 Å². The summed E-state index contributed by atoms with van der Waals surface area (Å²) in [7, 11) is 2.37. The molecule has 1 amide bonds. The van der Waals surface area contributed by atoms with Crippen molar-refractivity contribution in [1.29, 1.82) is 5.26 Å². The topological polar surface area (TPSA) is 135 Å². The van der Waals surface area contributed by atoms with Gasteiger partial charge in [-0.1, -0.05) is 60.7 Å². The summed E-state index contributed by atoms with van der Waals surface area (Å²) in [6, 6.07) is 26.6. The van der Waals surface area contributed by atoms with Crippen LogP contribution in [-0.4, -0.2) is 32.1 Å². The van der Waals surface area contributed by atoms with Gasteiger partial charge in [0.1, 0.15) is 11.5 Å². The number of methoxy groups -OCH3 is 2. The number of nitriles is 1. The number of allylic oxidation sites excluding steroid dienone is 1. The van der Waals surface area contributed by atoms with E-state index < -0.39 is 17.9 Å². The van der Waals surface area contributed by atoms with Crippen LogP contribution in [0.1, 0.15) is 27.4 Å². The minimum absolute atomic E-state index is 0.0546. The largest absolute Gasteiger partial charge is 0.466 e. The standard InChI is InChI=1S/C30H26N4O5/c1-38-29(36)25-24(20-11-7-4-8-12-20)23(17-31)27(32)34(26(25)30(37)39-2)22-15-13-21(14-16-22)28(35)33-18-19-9-5-3-6-10-19/h3-16,24H,18,32H2,1-2H3,(H,33,35). The highest BCUT2D eigenvalue weighted by molar-refractivity contribution is 6.06. The van der Waals surface area contributed by atoms with Crippen molar-refractivity contribution < 1.29 is 23.9 Å². The molecular formula is C30H26N4O5. The lowest BCUT2D eigenvalue weighted by Crippen LogP contribution is -2.40. The van der Waals surface area contributed by atoms with Crippen LogP contribution in [0.3, 0.4) is 0 Å². The molecule has 3 aromatic rings. The Morgan fingerprint density at radius 3 is 2.05 bits per heavy atom. The fourth-order valence-electron chi connectivity index (χ4n) is 4.42. The third-order valence-corrected chi connectivity index (χ3v) is 6.29. The molecule has 0 aliphatic carbocycles. The second-order valence-electron chi connectivity index (χ2n) is 8.55. The molecule has 0 saturated heterocycles. The van der Waals surface area contributed by atoms with Crippen molar-refractivity contribution in [3.63, 3.8) is 0 Å². The maximum Gasteiger partial charge on any atom is 0.355 e. The highest BCUT2D eigenvalue weighted by Crippen LogP contribution is 2.43. The molecule has 1 aliphatic heterocycles. The van der Waals surface area contributed by atoms with E-state index in [1.54, 1.807) is 54.6 Å². The first-order valence-corrected chi connectivity index (χ1v) is 12.0. The molecule has 0 spiro atoms. The van der Waals surface area contributed by atoms with Gasteiger partial charge in [-0.2, -0.15) is 5.26 Å². The van der Waals surface area contributed by atoms with Crippen molar-refractivity contribution in [3.8, 4) is 6.07 Å². The lowest BCUT2D eigenvalue weighted by atomic mass is 9.81. The number of amides is 1. The summed E-state index contributed by atoms with van der Waals surface area (Å²) in [4.78, 5) is 40.3. The maximum absolute atomic E-state index is 13.1. The zero-order chi connectivity index (χ0) is 27.9. The van der Waals surface area contributed by atoms with Crippen LogP contribution in [0.5, 0.6) is 0 Å². The van der Waals surface area contributed by atoms with Crippen LogP contribution in [0.4, 0.5) is 5.69 Å². The smallest absolute Gasteiger partial charge is 0.355 e. The number of nitrogens with one attached hydrogen (secondary N) is 1. The van der Waals surface area contributed by atoms with Gasteiger partial charge in [-0.25, -0.2) is 9.59 Å². The number of nitrogens with zero attached hydrogens (tertiary/aromatic N) is 2. The normalized spacial score (nSPS) is 14.9. The molecule has 1 atom stereocenters. The van der Waals surface area contributed by atoms with E-state index in [1.807, 2.05) is 30.3 Å². The number of benzene rings is 3. The maximum atomic E-state index is 13.1. The molecule has 0 aromatic heterocycles. The molecular weight excluding hydrogens is 496 g/mol. The minimum atomic E-state index is -0.961. The Kier molecular flexibility index (Phi) is 8.07. The zero-order valence-corrected chi connectivity index (χ0v) is 21.4. The molecule has 196 valence electrons. The number of rotatable bonds is 7. The van der Waals surface area contributed by atoms with Crippen molar-refractivity contribution in [2.24, 2.45) is 5.73 Å². The van der Waals surface area contributed by atoms with E-state index in [0.717, 1.165) is 5.56 Å². The fraction of sp³-hybridized carbons (Fsp3) is 0.133. The zero-order valence-electron chi connectivity index (χ0n) is 21.4. The summed E-state index contributed by atoms with van der Waals surface area (Å²) in [6.45, 7) is 0.355. The quantitative estimate of drug-likeness (QED) is 0.450. The fourth-order valence-corrected chi connectivity index (χ4v) is 4.42. The first kappa shape index (κ1) is 26.7. The molecule has 9 heteroatoms. The van der Waals surface area contributed by atoms with Gasteiger partial charge in [0.2, 0.25) is 0 Å². The molecule has 0 radical (unpaired) electrons. The highest BCUT2D eigenvalue weighted by Gasteiger charge is 2.42. The Balaban J connectivity index is 1.78. The Bertz CT molecular complexity index is 1490. The Hall–Kier alpha value is -5.36. The van der Waals surface area contributed by atoms with Crippen LogP contribution >= 0.6 is 0 Å². The Morgan fingerprint density at radius 1 is 0.897 bits per heavy atom. The van der Waals surface area contributed by atoms with Crippen molar-refractivity contribution in [3.05, 3.63) is 124 Å². The molecule has 3 N–H and O–H groups in total. The molecule has 1 unspecified atom stereocenters. The van der Waals surface area contributed by atoms with Gasteiger partial charge >= 0.3 is 11.9 Å². The predicted octanol–water partition coefficient (Wildman–Crippen LogP) is 3.51. The van der Waals surface area contributed by atoms with Gasteiger partial charge in [0.25, 0.3) is 5.91 Å². The summed E-state index contributed by atoms with van der Waals surface area (Å²) < 4.78 is 10.1. The van der Waals surface area contributed by atoms with Crippen molar-refractivity contribution in [2.45, 2.75) is 12.5 Å². The second-order valence-corrected chi connectivity index (χ2v) is 8.55. The Morgan fingerprint density at radius 2 is 1.49 bits per heavy atom. The second kappa shape index (κ2) is 11.8. The molecule has 0 fully saturated rings. The summed E-state index contributed by atoms with van der Waals surface area (Å²) in [5, 5.41) is 13.0. The molecule has 39 heavy (non-hydrogen) atoms. The molecule has 9 nitrogen and oxygen atoms in total. The van der Waals surface area contributed by atoms with Crippen LogP contribution in [0.2, 0.25) is 0 Å². The number of ether oxygens (including phenoxy) is 2. The number of hydrogen-bond acceptors (Lipinski definition) is 8. The van der Waals surface area contributed by atoms with E-state index in [1.165, 1.54) is 19.1 Å². The molecule has 1 heterocycles. The van der Waals surface area contributed by atoms with Gasteiger partial charge in [-0.3, -0.25) is 9.69 Å². The van der Waals surface area contributed by atoms with E-state index in [-0.39, 0.29) is 28.6 Å². The molecule has 1 aliphatic rings. The van der Waals surface area contributed by atoms with E-state index in [9.17, 15) is 19.6 Å². The molecule has 0 saturated carbocycles.